The number of hydrazone groups is 1. The molecule has 0 aliphatic carbocycles. The van der Waals surface area contributed by atoms with E-state index in [1.165, 1.54) is 6.21 Å². The Balaban J connectivity index is 1.70. The predicted octanol–water partition coefficient (Wildman–Crippen LogP) is 4.38. The molecule has 0 bridgehead atoms. The van der Waals surface area contributed by atoms with Crippen LogP contribution in [0, 0.1) is 13.8 Å². The normalized spacial score (nSPS) is 11.5. The van der Waals surface area contributed by atoms with E-state index in [0.717, 1.165) is 22.5 Å². The molecule has 5 nitrogen and oxygen atoms in total. The Morgan fingerprint density at radius 2 is 1.54 bits per heavy atom. The smallest absolute Gasteiger partial charge is 0.276 e. The minimum Gasteiger partial charge on any atom is -0.345 e. The zero-order valence-electron chi connectivity index (χ0n) is 16.1. The molecule has 0 aliphatic rings. The molecule has 0 fully saturated rings. The van der Waals surface area contributed by atoms with Gasteiger partial charge in [0.2, 0.25) is 0 Å². The van der Waals surface area contributed by atoms with Crippen molar-refractivity contribution >= 4 is 27.6 Å². The average Bonchev–Trinajstić information content (AvgIpc) is 2.70. The largest absolute Gasteiger partial charge is 0.345 e. The minimum atomic E-state index is -3.70. The fourth-order valence-corrected chi connectivity index (χ4v) is 3.92. The first-order valence-corrected chi connectivity index (χ1v) is 10.4. The number of rotatable bonds is 6. The number of aryl methyl sites for hydroxylation is 2. The summed E-state index contributed by atoms with van der Waals surface area (Å²) in [4.78, 5) is 4.60. The van der Waals surface area contributed by atoms with Crippen LogP contribution in [-0.4, -0.2) is 21.7 Å². The fraction of sp³-hybridized carbons (Fsp3) is 0.136. The molecule has 28 heavy (non-hydrogen) atoms. The number of para-hydroxylation sites is 1. The quantitative estimate of drug-likeness (QED) is 0.499. The maximum absolute atomic E-state index is 12.5. The van der Waals surface area contributed by atoms with Gasteiger partial charge >= 0.3 is 0 Å². The van der Waals surface area contributed by atoms with Crippen molar-refractivity contribution in [3.05, 3.63) is 89.5 Å². The monoisotopic (exact) mass is 393 g/mol. The van der Waals surface area contributed by atoms with Crippen LogP contribution in [0.3, 0.4) is 0 Å². The van der Waals surface area contributed by atoms with Gasteiger partial charge in [-0.2, -0.15) is 13.5 Å². The predicted molar refractivity (Wildman–Crippen MR) is 115 cm³/mol. The number of nitrogens with one attached hydrogen (secondary N) is 1. The van der Waals surface area contributed by atoms with Crippen LogP contribution in [0.2, 0.25) is 0 Å². The molecule has 0 radical (unpaired) electrons. The van der Waals surface area contributed by atoms with Gasteiger partial charge in [0.15, 0.2) is 0 Å². The van der Waals surface area contributed by atoms with E-state index in [4.69, 9.17) is 0 Å². The van der Waals surface area contributed by atoms with Crippen molar-refractivity contribution < 1.29 is 8.42 Å². The van der Waals surface area contributed by atoms with E-state index in [1.807, 2.05) is 74.6 Å². The van der Waals surface area contributed by atoms with E-state index in [9.17, 15) is 8.42 Å². The van der Waals surface area contributed by atoms with Crippen molar-refractivity contribution in [2.24, 2.45) is 5.10 Å². The Bertz CT molecular complexity index is 1080. The molecule has 0 aromatic heterocycles. The van der Waals surface area contributed by atoms with Gasteiger partial charge in [-0.15, -0.1) is 0 Å². The van der Waals surface area contributed by atoms with Gasteiger partial charge in [0, 0.05) is 18.4 Å². The Morgan fingerprint density at radius 3 is 2.21 bits per heavy atom. The van der Waals surface area contributed by atoms with Crippen molar-refractivity contribution in [3.63, 3.8) is 0 Å². The number of sulfonamides is 1. The summed E-state index contributed by atoms with van der Waals surface area (Å²) in [5.41, 5.74) is 4.48. The summed E-state index contributed by atoms with van der Waals surface area (Å²) >= 11 is 0. The molecule has 0 spiro atoms. The maximum Gasteiger partial charge on any atom is 0.276 e. The van der Waals surface area contributed by atoms with Crippen LogP contribution >= 0.6 is 0 Å². The molecular formula is C22H23N3O2S. The lowest BCUT2D eigenvalue weighted by Crippen LogP contribution is -2.19. The third kappa shape index (κ3) is 4.58. The SMILES string of the molecule is Cc1ccc(C)c(S(=O)(=O)NN=Cc2ccc(N(C)c3ccccc3)cc2)c1. The van der Waals surface area contributed by atoms with Crippen LogP contribution in [0.15, 0.2) is 82.8 Å². The third-order valence-corrected chi connectivity index (χ3v) is 5.81. The van der Waals surface area contributed by atoms with Gasteiger partial charge in [0.25, 0.3) is 10.0 Å². The molecule has 0 amide bonds. The number of nitrogens with zero attached hydrogens (tertiary/aromatic N) is 2. The van der Waals surface area contributed by atoms with Crippen LogP contribution in [0.4, 0.5) is 11.4 Å². The molecule has 3 aromatic carbocycles. The van der Waals surface area contributed by atoms with Gasteiger partial charge in [-0.1, -0.05) is 42.5 Å². The molecule has 0 aliphatic heterocycles. The van der Waals surface area contributed by atoms with E-state index in [1.54, 1.807) is 19.1 Å². The summed E-state index contributed by atoms with van der Waals surface area (Å²) in [6.45, 7) is 3.62. The lowest BCUT2D eigenvalue weighted by atomic mass is 10.2. The summed E-state index contributed by atoms with van der Waals surface area (Å²) in [6, 6.07) is 23.1. The zero-order valence-corrected chi connectivity index (χ0v) is 16.9. The van der Waals surface area contributed by atoms with Gasteiger partial charge in [-0.25, -0.2) is 4.83 Å². The summed E-state index contributed by atoms with van der Waals surface area (Å²) in [6.07, 6.45) is 1.50. The van der Waals surface area contributed by atoms with E-state index < -0.39 is 10.0 Å². The van der Waals surface area contributed by atoms with Crippen LogP contribution in [0.25, 0.3) is 0 Å². The Hall–Kier alpha value is -3.12. The third-order valence-electron chi connectivity index (χ3n) is 4.44. The number of hydrogen-bond acceptors (Lipinski definition) is 4. The summed E-state index contributed by atoms with van der Waals surface area (Å²) < 4.78 is 24.9. The molecule has 6 heteroatoms. The molecule has 0 atom stereocenters. The van der Waals surface area contributed by atoms with Crippen molar-refractivity contribution in [1.82, 2.24) is 4.83 Å². The van der Waals surface area contributed by atoms with Crippen LogP contribution in [0.1, 0.15) is 16.7 Å². The molecule has 3 rings (SSSR count). The number of benzene rings is 3. The number of hydrogen-bond donors (Lipinski definition) is 1. The molecule has 3 aromatic rings. The molecule has 0 saturated carbocycles. The summed E-state index contributed by atoms with van der Waals surface area (Å²) in [5.74, 6) is 0. The highest BCUT2D eigenvalue weighted by atomic mass is 32.2. The maximum atomic E-state index is 12.5. The van der Waals surface area contributed by atoms with E-state index in [-0.39, 0.29) is 4.90 Å². The molecule has 0 saturated heterocycles. The Labute approximate surface area is 166 Å². The van der Waals surface area contributed by atoms with Crippen molar-refractivity contribution in [1.29, 1.82) is 0 Å². The second-order valence-electron chi connectivity index (χ2n) is 6.61. The average molecular weight is 394 g/mol. The highest BCUT2D eigenvalue weighted by Crippen LogP contribution is 2.23. The Morgan fingerprint density at radius 1 is 0.893 bits per heavy atom. The zero-order chi connectivity index (χ0) is 20.1. The summed E-state index contributed by atoms with van der Waals surface area (Å²) in [5, 5.41) is 3.92. The molecule has 1 N–H and O–H groups in total. The summed E-state index contributed by atoms with van der Waals surface area (Å²) in [7, 11) is -1.70. The van der Waals surface area contributed by atoms with Gasteiger partial charge in [0.05, 0.1) is 11.1 Å². The highest BCUT2D eigenvalue weighted by Gasteiger charge is 2.15. The molecule has 144 valence electrons. The minimum absolute atomic E-state index is 0.240. The van der Waals surface area contributed by atoms with Gasteiger partial charge in [-0.3, -0.25) is 0 Å². The van der Waals surface area contributed by atoms with Crippen LogP contribution in [-0.2, 0) is 10.0 Å². The second kappa shape index (κ2) is 8.27. The fourth-order valence-electron chi connectivity index (χ4n) is 2.80. The van der Waals surface area contributed by atoms with E-state index in [0.29, 0.717) is 5.56 Å². The van der Waals surface area contributed by atoms with Crippen molar-refractivity contribution in [2.75, 3.05) is 11.9 Å². The number of anilines is 2. The lowest BCUT2D eigenvalue weighted by molar-refractivity contribution is 0.584. The van der Waals surface area contributed by atoms with Gasteiger partial charge in [-0.05, 0) is 60.9 Å². The van der Waals surface area contributed by atoms with Crippen molar-refractivity contribution in [2.45, 2.75) is 18.7 Å². The Kier molecular flexibility index (Phi) is 5.80. The topological polar surface area (TPSA) is 61.8 Å². The second-order valence-corrected chi connectivity index (χ2v) is 8.24. The van der Waals surface area contributed by atoms with E-state index >= 15 is 0 Å². The first kappa shape index (κ1) is 19.6. The van der Waals surface area contributed by atoms with Crippen molar-refractivity contribution in [3.8, 4) is 0 Å². The van der Waals surface area contributed by atoms with Crippen LogP contribution in [0.5, 0.6) is 0 Å². The molecule has 0 unspecified atom stereocenters. The molecular weight excluding hydrogens is 370 g/mol. The van der Waals surface area contributed by atoms with Gasteiger partial charge < -0.3 is 4.90 Å². The molecule has 0 heterocycles. The first-order valence-electron chi connectivity index (χ1n) is 8.88. The lowest BCUT2D eigenvalue weighted by Gasteiger charge is -2.19. The van der Waals surface area contributed by atoms with Crippen LogP contribution < -0.4 is 9.73 Å². The van der Waals surface area contributed by atoms with E-state index in [2.05, 4.69) is 14.8 Å². The standard InChI is InChI=1S/C22H23N3O2S/c1-17-9-10-18(2)22(15-17)28(26,27)24-23-16-19-11-13-21(14-12-19)25(3)20-7-5-4-6-8-20/h4-16,24H,1-3H3. The highest BCUT2D eigenvalue weighted by molar-refractivity contribution is 7.89. The first-order chi connectivity index (χ1) is 13.4. The van der Waals surface area contributed by atoms with Gasteiger partial charge in [0.1, 0.15) is 0 Å².